The first-order valence-corrected chi connectivity index (χ1v) is 7.61. The maximum atomic E-state index is 12.8. The Labute approximate surface area is 144 Å². The fourth-order valence-electron chi connectivity index (χ4n) is 1.94. The molecule has 0 saturated heterocycles. The molecule has 0 unspecified atom stereocenters. The van der Waals surface area contributed by atoms with E-state index in [9.17, 15) is 14.0 Å². The Bertz CT molecular complexity index is 720. The molecule has 0 aromatic heterocycles. The number of hydrogen-bond acceptors (Lipinski definition) is 3. The van der Waals surface area contributed by atoms with Gasteiger partial charge in [0.1, 0.15) is 5.82 Å². The molecule has 2 rings (SSSR count). The van der Waals surface area contributed by atoms with Crippen molar-refractivity contribution in [1.29, 1.82) is 0 Å². The Balaban J connectivity index is 1.71. The summed E-state index contributed by atoms with van der Waals surface area (Å²) >= 11 is 4.93. The van der Waals surface area contributed by atoms with Crippen molar-refractivity contribution in [3.8, 4) is 0 Å². The van der Waals surface area contributed by atoms with Gasteiger partial charge in [-0.25, -0.2) is 4.39 Å². The van der Waals surface area contributed by atoms with E-state index in [0.717, 1.165) is 5.56 Å². The number of rotatable bonds is 4. The van der Waals surface area contributed by atoms with Crippen LogP contribution in [-0.4, -0.2) is 16.9 Å². The van der Waals surface area contributed by atoms with Gasteiger partial charge < -0.3 is 5.32 Å². The van der Waals surface area contributed by atoms with Gasteiger partial charge >= 0.3 is 0 Å². The Kier molecular flexibility index (Phi) is 6.39. The lowest BCUT2D eigenvalue weighted by Gasteiger charge is -2.11. The van der Waals surface area contributed by atoms with Crippen LogP contribution in [0.2, 0.25) is 0 Å². The van der Waals surface area contributed by atoms with Crippen LogP contribution in [0.5, 0.6) is 0 Å². The van der Waals surface area contributed by atoms with E-state index < -0.39 is 0 Å². The summed E-state index contributed by atoms with van der Waals surface area (Å²) < 4.78 is 12.8. The van der Waals surface area contributed by atoms with Gasteiger partial charge in [0.2, 0.25) is 11.8 Å². The van der Waals surface area contributed by atoms with Gasteiger partial charge in [0.15, 0.2) is 5.11 Å². The number of nitrogens with one attached hydrogen (secondary N) is 3. The van der Waals surface area contributed by atoms with Gasteiger partial charge in [0, 0.05) is 0 Å². The molecule has 5 nitrogen and oxygen atoms in total. The molecular weight excluding hydrogens is 329 g/mol. The van der Waals surface area contributed by atoms with Crippen LogP contribution in [0, 0.1) is 5.82 Å². The number of benzene rings is 2. The van der Waals surface area contributed by atoms with Crippen LogP contribution in [0.3, 0.4) is 0 Å². The molecule has 124 valence electrons. The van der Waals surface area contributed by atoms with Crippen LogP contribution >= 0.6 is 12.2 Å². The minimum Gasteiger partial charge on any atom is -0.302 e. The van der Waals surface area contributed by atoms with E-state index in [1.807, 2.05) is 30.3 Å². The van der Waals surface area contributed by atoms with Crippen LogP contribution < -0.4 is 16.2 Å². The summed E-state index contributed by atoms with van der Waals surface area (Å²) in [5.41, 5.74) is 6.40. The highest BCUT2D eigenvalue weighted by atomic mass is 32.1. The predicted octanol–water partition coefficient (Wildman–Crippen LogP) is 1.63. The highest BCUT2D eigenvalue weighted by Crippen LogP contribution is 2.03. The minimum absolute atomic E-state index is 0.0106. The maximum absolute atomic E-state index is 12.8. The molecule has 24 heavy (non-hydrogen) atoms. The third-order valence-electron chi connectivity index (χ3n) is 3.05. The van der Waals surface area contributed by atoms with Crippen molar-refractivity contribution in [2.75, 3.05) is 0 Å². The smallest absolute Gasteiger partial charge is 0.242 e. The first-order valence-electron chi connectivity index (χ1n) is 7.20. The third-order valence-corrected chi connectivity index (χ3v) is 3.26. The minimum atomic E-state index is -0.364. The van der Waals surface area contributed by atoms with Gasteiger partial charge in [-0.15, -0.1) is 0 Å². The second kappa shape index (κ2) is 8.73. The average Bonchev–Trinajstić information content (AvgIpc) is 2.56. The summed E-state index contributed by atoms with van der Waals surface area (Å²) in [7, 11) is 0. The van der Waals surface area contributed by atoms with Crippen molar-refractivity contribution in [2.24, 2.45) is 0 Å². The van der Waals surface area contributed by atoms with E-state index in [0.29, 0.717) is 5.56 Å². The summed E-state index contributed by atoms with van der Waals surface area (Å²) in [6.07, 6.45) is 0.250. The van der Waals surface area contributed by atoms with Crippen LogP contribution in [-0.2, 0) is 22.4 Å². The van der Waals surface area contributed by atoms with E-state index >= 15 is 0 Å². The van der Waals surface area contributed by atoms with Crippen molar-refractivity contribution < 1.29 is 14.0 Å². The molecule has 0 bridgehead atoms. The molecule has 0 spiro atoms. The highest BCUT2D eigenvalue weighted by Gasteiger charge is 2.07. The molecule has 7 heteroatoms. The lowest BCUT2D eigenvalue weighted by molar-refractivity contribution is -0.121. The van der Waals surface area contributed by atoms with Crippen molar-refractivity contribution in [3.63, 3.8) is 0 Å². The molecule has 2 aromatic rings. The molecular formula is C17H16FN3O2S. The van der Waals surface area contributed by atoms with E-state index in [1.165, 1.54) is 24.3 Å². The lowest BCUT2D eigenvalue weighted by atomic mass is 10.1. The Morgan fingerprint density at radius 2 is 1.42 bits per heavy atom. The number of thiocarbonyl (C=S) groups is 1. The molecule has 0 atom stereocenters. The second-order valence-electron chi connectivity index (χ2n) is 5.02. The summed E-state index contributed by atoms with van der Waals surface area (Å²) in [6, 6.07) is 14.8. The molecule has 0 aliphatic heterocycles. The van der Waals surface area contributed by atoms with Gasteiger partial charge in [0.25, 0.3) is 0 Å². The van der Waals surface area contributed by atoms with Crippen LogP contribution in [0.15, 0.2) is 54.6 Å². The van der Waals surface area contributed by atoms with E-state index in [4.69, 9.17) is 12.2 Å². The van der Waals surface area contributed by atoms with Gasteiger partial charge in [-0.2, -0.15) is 0 Å². The molecule has 0 radical (unpaired) electrons. The third kappa shape index (κ3) is 6.13. The van der Waals surface area contributed by atoms with Crippen molar-refractivity contribution in [2.45, 2.75) is 12.8 Å². The Hall–Kier alpha value is -2.80. The zero-order chi connectivity index (χ0) is 17.4. The van der Waals surface area contributed by atoms with Gasteiger partial charge in [-0.1, -0.05) is 42.5 Å². The zero-order valence-corrected chi connectivity index (χ0v) is 13.5. The van der Waals surface area contributed by atoms with Crippen LogP contribution in [0.25, 0.3) is 0 Å². The fourth-order valence-corrected chi connectivity index (χ4v) is 2.11. The Morgan fingerprint density at radius 3 is 2.08 bits per heavy atom. The first-order chi connectivity index (χ1) is 11.5. The van der Waals surface area contributed by atoms with Crippen LogP contribution in [0.1, 0.15) is 11.1 Å². The molecule has 0 fully saturated rings. The largest absolute Gasteiger partial charge is 0.302 e. The molecule has 0 heterocycles. The zero-order valence-electron chi connectivity index (χ0n) is 12.7. The quantitative estimate of drug-likeness (QED) is 0.582. The summed E-state index contributed by atoms with van der Waals surface area (Å²) in [5, 5.41) is 2.42. The molecule has 0 aliphatic carbocycles. The van der Waals surface area contributed by atoms with Gasteiger partial charge in [-0.3, -0.25) is 20.4 Å². The van der Waals surface area contributed by atoms with E-state index in [-0.39, 0.29) is 35.6 Å². The van der Waals surface area contributed by atoms with Crippen LogP contribution in [0.4, 0.5) is 4.39 Å². The second-order valence-corrected chi connectivity index (χ2v) is 5.42. The molecule has 2 aromatic carbocycles. The standard InChI is InChI=1S/C17H16FN3O2S/c18-14-8-6-13(7-9-14)10-15(22)19-17(24)21-20-16(23)11-12-4-2-1-3-5-12/h1-9H,10-11H2,(H,20,23)(H2,19,21,22,24). The van der Waals surface area contributed by atoms with Gasteiger partial charge in [0.05, 0.1) is 12.8 Å². The fraction of sp³-hybridized carbons (Fsp3) is 0.118. The summed E-state index contributed by atoms with van der Waals surface area (Å²) in [6.45, 7) is 0. The number of carbonyl (C=O) groups is 2. The summed E-state index contributed by atoms with van der Waals surface area (Å²) in [4.78, 5) is 23.5. The number of hydrazine groups is 1. The van der Waals surface area contributed by atoms with Crippen molar-refractivity contribution in [3.05, 3.63) is 71.5 Å². The number of carbonyl (C=O) groups excluding carboxylic acids is 2. The molecule has 3 N–H and O–H groups in total. The SMILES string of the molecule is O=C(Cc1ccccc1)NNC(=S)NC(=O)Cc1ccc(F)cc1. The number of amides is 2. The molecule has 0 saturated carbocycles. The molecule has 2 amide bonds. The van der Waals surface area contributed by atoms with Crippen molar-refractivity contribution in [1.82, 2.24) is 16.2 Å². The van der Waals surface area contributed by atoms with E-state index in [2.05, 4.69) is 16.2 Å². The van der Waals surface area contributed by atoms with Crippen molar-refractivity contribution >= 4 is 29.1 Å². The van der Waals surface area contributed by atoms with E-state index in [1.54, 1.807) is 0 Å². The van der Waals surface area contributed by atoms with Gasteiger partial charge in [-0.05, 0) is 35.5 Å². The topological polar surface area (TPSA) is 70.2 Å². The number of halogens is 1. The highest BCUT2D eigenvalue weighted by molar-refractivity contribution is 7.80. The lowest BCUT2D eigenvalue weighted by Crippen LogP contribution is -2.49. The normalized spacial score (nSPS) is 9.88. The Morgan fingerprint density at radius 1 is 0.833 bits per heavy atom. The predicted molar refractivity (Wildman–Crippen MR) is 92.3 cm³/mol. The maximum Gasteiger partial charge on any atom is 0.242 e. The molecule has 0 aliphatic rings. The number of hydrogen-bond donors (Lipinski definition) is 3. The first kappa shape index (κ1) is 17.6. The average molecular weight is 345 g/mol. The monoisotopic (exact) mass is 345 g/mol. The summed E-state index contributed by atoms with van der Waals surface area (Å²) in [5.74, 6) is -1.01.